The number of β-amino-alcohol motifs (C(OH)–C–C–N with tert-alkyl or cyclic N) is 1. The molecule has 0 unspecified atom stereocenters. The third kappa shape index (κ3) is 12.3. The van der Waals surface area contributed by atoms with E-state index in [-0.39, 0.29) is 42.5 Å². The van der Waals surface area contributed by atoms with E-state index in [1.807, 2.05) is 111 Å². The zero-order valence-corrected chi connectivity index (χ0v) is 47.4. The van der Waals surface area contributed by atoms with Crippen LogP contribution in [-0.4, -0.2) is 151 Å². The standard InChI is InChI=1S/C60H80N12O6S/c1-37(2)56(60(76)72-34-46(73)29-52(72)59(75)64-38(3)42-10-12-43(13-11-42)57-39(4)63-36-79-57)54-31-55(66-78-54)70-24-16-41(17-25-70)32-68-20-18-47(19-21-68)77-48-27-45(28-48)69-22-14-40(15-23-69)26-44-33-71(35-62-44)51-30-50(67(5)65-58(51)61)49-8-6-7-9-53(49)74/h6-13,30-31,33,35-38,40-41,45-48,52,56,65,73-74H,14-29,32,34,61H2,1-5H3,(H,64,75)/t38-,45-,46+,48-,52-,56+/m0/s1. The fourth-order valence-corrected chi connectivity index (χ4v) is 13.8. The summed E-state index contributed by atoms with van der Waals surface area (Å²) in [6.07, 6.45) is 15.9. The second kappa shape index (κ2) is 23.8. The Labute approximate surface area is 468 Å². The Balaban J connectivity index is 0.581. The van der Waals surface area contributed by atoms with E-state index in [0.29, 0.717) is 41.7 Å². The number of aromatic hydroxyl groups is 1. The maximum atomic E-state index is 14.4. The van der Waals surface area contributed by atoms with Gasteiger partial charge < -0.3 is 54.7 Å². The first-order valence-corrected chi connectivity index (χ1v) is 29.7. The molecule has 1 saturated carbocycles. The second-order valence-electron chi connectivity index (χ2n) is 23.6. The minimum absolute atomic E-state index is 0.0919. The number of thiazole rings is 1. The number of hydrogen-bond acceptors (Lipinski definition) is 16. The van der Waals surface area contributed by atoms with E-state index >= 15 is 0 Å². The average Bonchev–Trinajstić information content (AvgIpc) is 4.33. The smallest absolute Gasteiger partial charge is 0.243 e. The van der Waals surface area contributed by atoms with Crippen LogP contribution in [0.2, 0.25) is 0 Å². The van der Waals surface area contributed by atoms with Crippen LogP contribution in [0.3, 0.4) is 0 Å². The summed E-state index contributed by atoms with van der Waals surface area (Å²) >= 11 is 1.60. The van der Waals surface area contributed by atoms with Gasteiger partial charge in [0.05, 0.1) is 63.9 Å². The SMILES string of the molecule is Cc1ncsc1-c1ccc([C@H](C)NC(=O)[C@@H]2C[C@@H](O)CN2C(=O)[C@@H](c2cc(N3CCC(CN4CCC(O[C@H]5C[C@H](N6CCC(Cc7cn(C8=C(N)NN(C)C(c9ccccc9O)=C8)cn7)CC6)C5)CC4)CC3)no2)C(C)C)cc1. The molecule has 5 aromatic rings. The summed E-state index contributed by atoms with van der Waals surface area (Å²) in [7, 11) is 1.88. The Morgan fingerprint density at radius 3 is 2.37 bits per heavy atom. The number of hydrazine groups is 1. The van der Waals surface area contributed by atoms with E-state index in [4.69, 9.17) is 20.0 Å². The Morgan fingerprint density at radius 1 is 0.924 bits per heavy atom. The van der Waals surface area contributed by atoms with Gasteiger partial charge in [0, 0.05) is 76.6 Å². The minimum Gasteiger partial charge on any atom is -0.507 e. The van der Waals surface area contributed by atoms with Crippen LogP contribution in [0.4, 0.5) is 5.82 Å². The van der Waals surface area contributed by atoms with Gasteiger partial charge in [0.1, 0.15) is 23.5 Å². The molecule has 422 valence electrons. The van der Waals surface area contributed by atoms with Crippen LogP contribution in [0.1, 0.15) is 119 Å². The number of carbonyl (C=O) groups excluding carboxylic acids is 2. The highest BCUT2D eigenvalue weighted by Crippen LogP contribution is 2.38. The topological polar surface area (TPSA) is 207 Å². The van der Waals surface area contributed by atoms with E-state index in [2.05, 4.69) is 41.8 Å². The second-order valence-corrected chi connectivity index (χ2v) is 24.5. The third-order valence-electron chi connectivity index (χ3n) is 17.8. The molecule has 11 rings (SSSR count). The molecule has 18 nitrogen and oxygen atoms in total. The number of likely N-dealkylation sites (tertiary alicyclic amines) is 3. The number of aliphatic hydroxyl groups excluding tert-OH is 1. The van der Waals surface area contributed by atoms with E-state index in [0.717, 1.165) is 141 Å². The van der Waals surface area contributed by atoms with Crippen LogP contribution in [-0.2, 0) is 20.7 Å². The van der Waals surface area contributed by atoms with E-state index in [1.54, 1.807) is 22.3 Å². The van der Waals surface area contributed by atoms with E-state index in [1.165, 1.54) is 12.8 Å². The molecule has 4 atom stereocenters. The number of aliphatic hydroxyl groups is 1. The van der Waals surface area contributed by atoms with Crippen molar-refractivity contribution in [1.29, 1.82) is 0 Å². The number of aromatic nitrogens is 4. The summed E-state index contributed by atoms with van der Waals surface area (Å²) in [5, 5.41) is 30.7. The number of carbonyl (C=O) groups is 2. The lowest BCUT2D eigenvalue weighted by Crippen LogP contribution is -2.52. The summed E-state index contributed by atoms with van der Waals surface area (Å²) in [5.74, 6) is 1.93. The molecule has 4 saturated heterocycles. The number of nitrogens with two attached hydrogens (primary N) is 1. The number of nitrogens with zero attached hydrogens (tertiary/aromatic N) is 9. The lowest BCUT2D eigenvalue weighted by atomic mass is 9.84. The molecule has 1 aliphatic carbocycles. The largest absolute Gasteiger partial charge is 0.507 e. The molecule has 19 heteroatoms. The van der Waals surface area contributed by atoms with Crippen molar-refractivity contribution in [3.05, 3.63) is 113 Å². The van der Waals surface area contributed by atoms with Crippen LogP contribution < -0.4 is 21.4 Å². The number of phenolic OH excluding ortho intramolecular Hbond substituents is 1. The highest BCUT2D eigenvalue weighted by Gasteiger charge is 2.44. The van der Waals surface area contributed by atoms with Gasteiger partial charge in [-0.2, -0.15) is 0 Å². The fourth-order valence-electron chi connectivity index (χ4n) is 13.0. The molecule has 0 spiro atoms. The van der Waals surface area contributed by atoms with Gasteiger partial charge in [-0.3, -0.25) is 20.0 Å². The average molecular weight is 1100 g/mol. The van der Waals surface area contributed by atoms with Gasteiger partial charge in [0.2, 0.25) is 11.8 Å². The van der Waals surface area contributed by atoms with Gasteiger partial charge >= 0.3 is 0 Å². The molecule has 2 amide bonds. The molecule has 0 bridgehead atoms. The Bertz CT molecular complexity index is 2960. The first-order chi connectivity index (χ1) is 38.2. The minimum atomic E-state index is -0.795. The van der Waals surface area contributed by atoms with Crippen molar-refractivity contribution in [2.45, 2.75) is 134 Å². The van der Waals surface area contributed by atoms with Crippen molar-refractivity contribution in [2.75, 3.05) is 64.3 Å². The Kier molecular flexibility index (Phi) is 16.5. The molecule has 0 radical (unpaired) electrons. The molecule has 6 N–H and O–H groups in total. The number of anilines is 1. The van der Waals surface area contributed by atoms with Crippen molar-refractivity contribution in [1.82, 2.24) is 50.1 Å². The molecule has 3 aromatic heterocycles. The van der Waals surface area contributed by atoms with Gasteiger partial charge in [-0.15, -0.1) is 11.3 Å². The predicted octanol–water partition coefficient (Wildman–Crippen LogP) is 7.35. The van der Waals surface area contributed by atoms with Crippen LogP contribution in [0.15, 0.2) is 89.1 Å². The molecule has 5 fully saturated rings. The van der Waals surface area contributed by atoms with Gasteiger partial charge in [-0.1, -0.05) is 55.4 Å². The molecule has 6 aliphatic rings. The lowest BCUT2D eigenvalue weighted by molar-refractivity contribution is -0.141. The summed E-state index contributed by atoms with van der Waals surface area (Å²) in [6, 6.07) is 16.9. The molecule has 5 aliphatic heterocycles. The Morgan fingerprint density at radius 2 is 1.66 bits per heavy atom. The van der Waals surface area contributed by atoms with Crippen molar-refractivity contribution >= 4 is 40.4 Å². The van der Waals surface area contributed by atoms with Gasteiger partial charge in [0.15, 0.2) is 11.6 Å². The van der Waals surface area contributed by atoms with Gasteiger partial charge in [-0.05, 0) is 132 Å². The maximum Gasteiger partial charge on any atom is 0.243 e. The zero-order chi connectivity index (χ0) is 54.9. The number of amides is 2. The third-order valence-corrected chi connectivity index (χ3v) is 18.8. The number of aryl methyl sites for hydroxylation is 1. The lowest BCUT2D eigenvalue weighted by Gasteiger charge is -2.47. The number of benzene rings is 2. The normalized spacial score (nSPS) is 23.9. The van der Waals surface area contributed by atoms with Crippen molar-refractivity contribution in [2.24, 2.45) is 23.5 Å². The zero-order valence-electron chi connectivity index (χ0n) is 46.5. The number of ether oxygens (including phenoxy) is 1. The number of allylic oxidation sites excluding steroid dienone is 2. The molecular weight excluding hydrogens is 1020 g/mol. The molecular formula is C60H80N12O6S. The summed E-state index contributed by atoms with van der Waals surface area (Å²) in [4.78, 5) is 47.7. The van der Waals surface area contributed by atoms with E-state index in [9.17, 15) is 19.8 Å². The first-order valence-electron chi connectivity index (χ1n) is 28.9. The van der Waals surface area contributed by atoms with Crippen LogP contribution in [0.5, 0.6) is 5.75 Å². The number of rotatable bonds is 17. The summed E-state index contributed by atoms with van der Waals surface area (Å²) < 4.78 is 14.7. The Hall–Kier alpha value is -6.25. The fraction of sp³-hybridized carbons (Fsp3) is 0.550. The van der Waals surface area contributed by atoms with Gasteiger partial charge in [0.25, 0.3) is 0 Å². The monoisotopic (exact) mass is 1100 g/mol. The number of piperidine rings is 3. The van der Waals surface area contributed by atoms with Crippen molar-refractivity contribution < 1.29 is 29.1 Å². The molecule has 79 heavy (non-hydrogen) atoms. The van der Waals surface area contributed by atoms with E-state index < -0.39 is 18.1 Å². The first kappa shape index (κ1) is 54.7. The highest BCUT2D eigenvalue weighted by atomic mass is 32.1. The highest BCUT2D eigenvalue weighted by molar-refractivity contribution is 7.13. The molecule has 8 heterocycles. The van der Waals surface area contributed by atoms with Crippen molar-refractivity contribution in [3.63, 3.8) is 0 Å². The predicted molar refractivity (Wildman–Crippen MR) is 306 cm³/mol. The number of imidazole rings is 1. The number of phenols is 1. The number of para-hydroxylation sites is 1. The van der Waals surface area contributed by atoms with Gasteiger partial charge in [-0.25, -0.2) is 9.97 Å². The van der Waals surface area contributed by atoms with Crippen molar-refractivity contribution in [3.8, 4) is 16.2 Å². The van der Waals surface area contributed by atoms with Crippen LogP contribution in [0, 0.1) is 24.7 Å². The van der Waals surface area contributed by atoms with Crippen LogP contribution >= 0.6 is 11.3 Å². The van der Waals surface area contributed by atoms with Crippen LogP contribution in [0.25, 0.3) is 21.8 Å². The summed E-state index contributed by atoms with van der Waals surface area (Å²) in [6.45, 7) is 15.3. The quantitative estimate of drug-likeness (QED) is 0.0618. The summed E-state index contributed by atoms with van der Waals surface area (Å²) in [5.41, 5.74) is 17.9. The maximum absolute atomic E-state index is 14.4. The number of nitrogens with one attached hydrogen (secondary N) is 2. The molecule has 2 aromatic carbocycles. The number of hydrogen-bond donors (Lipinski definition) is 5.